The van der Waals surface area contributed by atoms with Crippen LogP contribution in [0.2, 0.25) is 0 Å². The molecule has 0 aromatic carbocycles. The molecule has 0 fully saturated rings. The van der Waals surface area contributed by atoms with Gasteiger partial charge in [-0.3, -0.25) is 9.98 Å². The normalized spacial score (nSPS) is 14.9. The summed E-state index contributed by atoms with van der Waals surface area (Å²) in [7, 11) is 0. The van der Waals surface area contributed by atoms with Gasteiger partial charge in [-0.2, -0.15) is 0 Å². The van der Waals surface area contributed by atoms with Gasteiger partial charge >= 0.3 is 0 Å². The Hall–Kier alpha value is -2.23. The highest BCUT2D eigenvalue weighted by Crippen LogP contribution is 2.25. The molecule has 1 aromatic heterocycles. The molecule has 1 N–H and O–H groups in total. The second-order valence-corrected chi connectivity index (χ2v) is 4.51. The maximum atomic E-state index is 14.0. The maximum absolute atomic E-state index is 14.0. The summed E-state index contributed by atoms with van der Waals surface area (Å²) in [4.78, 5) is 8.28. The van der Waals surface area contributed by atoms with Crippen molar-refractivity contribution in [3.8, 4) is 0 Å². The lowest BCUT2D eigenvalue weighted by molar-refractivity contribution is 0.257. The van der Waals surface area contributed by atoms with Crippen LogP contribution in [0, 0.1) is 0 Å². The van der Waals surface area contributed by atoms with E-state index in [1.54, 1.807) is 24.5 Å². The highest BCUT2D eigenvalue weighted by Gasteiger charge is 2.22. The number of nitrogens with zero attached hydrogens (tertiary/aromatic N) is 2. The Kier molecular flexibility index (Phi) is 5.38. The molecule has 20 heavy (non-hydrogen) atoms. The molecule has 1 heterocycles. The number of allylic oxidation sites excluding steroid dienone is 3. The Morgan fingerprint density at radius 3 is 2.70 bits per heavy atom. The summed E-state index contributed by atoms with van der Waals surface area (Å²) in [6, 6.07) is 3.37. The van der Waals surface area contributed by atoms with E-state index in [2.05, 4.69) is 28.5 Å². The molecule has 0 radical (unpaired) electrons. The van der Waals surface area contributed by atoms with Crippen LogP contribution < -0.4 is 5.32 Å². The van der Waals surface area contributed by atoms with Crippen molar-refractivity contribution in [3.63, 3.8) is 0 Å². The van der Waals surface area contributed by atoms with E-state index in [4.69, 9.17) is 0 Å². The Labute approximate surface area is 119 Å². The van der Waals surface area contributed by atoms with Crippen molar-refractivity contribution in [1.82, 2.24) is 4.98 Å². The van der Waals surface area contributed by atoms with E-state index < -0.39 is 5.67 Å². The molecule has 0 aliphatic rings. The van der Waals surface area contributed by atoms with E-state index in [0.717, 1.165) is 11.4 Å². The quantitative estimate of drug-likeness (QED) is 0.617. The minimum absolute atomic E-state index is 0.322. The average molecular weight is 273 g/mol. The predicted octanol–water partition coefficient (Wildman–Crippen LogP) is 4.37. The van der Waals surface area contributed by atoms with Crippen LogP contribution in [0.1, 0.15) is 26.5 Å². The molecule has 0 spiro atoms. The maximum Gasteiger partial charge on any atom is 0.167 e. The van der Waals surface area contributed by atoms with E-state index in [0.29, 0.717) is 11.4 Å². The summed E-state index contributed by atoms with van der Waals surface area (Å²) in [5, 5.41) is 3.08. The van der Waals surface area contributed by atoms with Gasteiger partial charge in [0.2, 0.25) is 0 Å². The van der Waals surface area contributed by atoms with Crippen molar-refractivity contribution in [3.05, 3.63) is 61.2 Å². The van der Waals surface area contributed by atoms with Crippen molar-refractivity contribution in [2.45, 2.75) is 26.4 Å². The van der Waals surface area contributed by atoms with E-state index in [-0.39, 0.29) is 0 Å². The lowest BCUT2D eigenvalue weighted by atomic mass is 10.0. The number of aliphatic imine (C=N–C) groups is 1. The van der Waals surface area contributed by atoms with Crippen LogP contribution in [0.25, 0.3) is 0 Å². The summed E-state index contributed by atoms with van der Waals surface area (Å²) in [6.07, 6.45) is 6.33. The van der Waals surface area contributed by atoms with Crippen LogP contribution >= 0.6 is 0 Å². The van der Waals surface area contributed by atoms with Crippen LogP contribution in [0.4, 0.5) is 10.1 Å². The minimum Gasteiger partial charge on any atom is -0.353 e. The number of pyridine rings is 1. The summed E-state index contributed by atoms with van der Waals surface area (Å²) < 4.78 is 14.0. The standard InChI is InChI=1S/C16H20FN3/c1-6-10-18-12(3)13(4)20-14-8-9-15(19-11-14)16(5,17)7-2/h6-11,20H,2,4H2,1,3,5H3/b10-6-,18-12?. The van der Waals surface area contributed by atoms with E-state index >= 15 is 0 Å². The molecule has 106 valence electrons. The van der Waals surface area contributed by atoms with Crippen LogP contribution in [0.15, 0.2) is 60.5 Å². The number of alkyl halides is 1. The summed E-state index contributed by atoms with van der Waals surface area (Å²) in [5.74, 6) is 0. The zero-order valence-electron chi connectivity index (χ0n) is 12.2. The topological polar surface area (TPSA) is 37.3 Å². The van der Waals surface area contributed by atoms with Gasteiger partial charge in [-0.05, 0) is 39.0 Å². The van der Waals surface area contributed by atoms with Crippen molar-refractivity contribution < 1.29 is 4.39 Å². The molecular weight excluding hydrogens is 253 g/mol. The molecule has 1 atom stereocenters. The van der Waals surface area contributed by atoms with Crippen LogP contribution in [-0.2, 0) is 5.67 Å². The number of hydrogen-bond acceptors (Lipinski definition) is 3. The third-order valence-corrected chi connectivity index (χ3v) is 2.80. The molecule has 4 heteroatoms. The Bertz CT molecular complexity index is 539. The minimum atomic E-state index is -1.63. The first kappa shape index (κ1) is 15.8. The lowest BCUT2D eigenvalue weighted by Crippen LogP contribution is -2.13. The predicted molar refractivity (Wildman–Crippen MR) is 83.6 cm³/mol. The van der Waals surface area contributed by atoms with Gasteiger partial charge in [-0.25, -0.2) is 4.39 Å². The highest BCUT2D eigenvalue weighted by atomic mass is 19.1. The largest absolute Gasteiger partial charge is 0.353 e. The third-order valence-electron chi connectivity index (χ3n) is 2.80. The van der Waals surface area contributed by atoms with Crippen molar-refractivity contribution >= 4 is 11.4 Å². The van der Waals surface area contributed by atoms with Gasteiger partial charge in [0.05, 0.1) is 29.0 Å². The number of anilines is 1. The average Bonchev–Trinajstić information content (AvgIpc) is 2.45. The number of nitrogens with one attached hydrogen (secondary N) is 1. The molecule has 1 unspecified atom stereocenters. The molecule has 0 amide bonds. The fourth-order valence-electron chi connectivity index (χ4n) is 1.39. The Morgan fingerprint density at radius 1 is 1.50 bits per heavy atom. The lowest BCUT2D eigenvalue weighted by Gasteiger charge is -2.15. The second-order valence-electron chi connectivity index (χ2n) is 4.51. The fourth-order valence-corrected chi connectivity index (χ4v) is 1.39. The third kappa shape index (κ3) is 4.16. The van der Waals surface area contributed by atoms with Crippen LogP contribution in [0.3, 0.4) is 0 Å². The molecule has 0 aliphatic heterocycles. The number of hydrogen-bond donors (Lipinski definition) is 1. The molecule has 0 bridgehead atoms. The van der Waals surface area contributed by atoms with Gasteiger partial charge in [-0.1, -0.05) is 19.2 Å². The second kappa shape index (κ2) is 6.80. The molecule has 3 nitrogen and oxygen atoms in total. The zero-order chi connectivity index (χ0) is 15.2. The number of rotatable bonds is 6. The highest BCUT2D eigenvalue weighted by molar-refractivity contribution is 6.00. The molecule has 1 rings (SSSR count). The SMILES string of the molecule is C=CC(C)(F)c1ccc(NC(=C)C(C)=N/C=C\C)cn1. The number of halogens is 1. The fraction of sp³-hybridized carbons (Fsp3) is 0.250. The first-order valence-corrected chi connectivity index (χ1v) is 6.31. The van der Waals surface area contributed by atoms with Gasteiger partial charge in [-0.15, -0.1) is 0 Å². The Balaban J connectivity index is 2.81. The first-order chi connectivity index (χ1) is 9.40. The van der Waals surface area contributed by atoms with E-state index in [1.807, 2.05) is 19.9 Å². The van der Waals surface area contributed by atoms with Gasteiger partial charge < -0.3 is 5.32 Å². The first-order valence-electron chi connectivity index (χ1n) is 6.31. The Morgan fingerprint density at radius 2 is 2.20 bits per heavy atom. The molecule has 0 saturated carbocycles. The van der Waals surface area contributed by atoms with E-state index in [9.17, 15) is 4.39 Å². The number of aromatic nitrogens is 1. The summed E-state index contributed by atoms with van der Waals surface area (Å²) in [6.45, 7) is 12.5. The van der Waals surface area contributed by atoms with Crippen LogP contribution in [0.5, 0.6) is 0 Å². The zero-order valence-corrected chi connectivity index (χ0v) is 12.2. The van der Waals surface area contributed by atoms with Gasteiger partial charge in [0.15, 0.2) is 5.67 Å². The molecule has 1 aromatic rings. The van der Waals surface area contributed by atoms with Crippen molar-refractivity contribution in [1.29, 1.82) is 0 Å². The molecule has 0 aliphatic carbocycles. The van der Waals surface area contributed by atoms with Crippen molar-refractivity contribution in [2.24, 2.45) is 4.99 Å². The summed E-state index contributed by atoms with van der Waals surface area (Å²) >= 11 is 0. The smallest absolute Gasteiger partial charge is 0.167 e. The van der Waals surface area contributed by atoms with E-state index in [1.165, 1.54) is 13.0 Å². The monoisotopic (exact) mass is 273 g/mol. The molecule has 0 saturated heterocycles. The van der Waals surface area contributed by atoms with Gasteiger partial charge in [0.1, 0.15) is 0 Å². The van der Waals surface area contributed by atoms with Gasteiger partial charge in [0, 0.05) is 6.20 Å². The van der Waals surface area contributed by atoms with Gasteiger partial charge in [0.25, 0.3) is 0 Å². The summed E-state index contributed by atoms with van der Waals surface area (Å²) in [5.41, 5.74) is 0.869. The van der Waals surface area contributed by atoms with Crippen molar-refractivity contribution in [2.75, 3.05) is 5.32 Å². The molecular formula is C16H20FN3. The van der Waals surface area contributed by atoms with Crippen LogP contribution in [-0.4, -0.2) is 10.7 Å².